The number of rotatable bonds is 7. The molecule has 260 valence electrons. The molecule has 2 atom stereocenters. The highest BCUT2D eigenvalue weighted by atomic mass is 35.5. The number of phenols is 1. The van der Waals surface area contributed by atoms with Gasteiger partial charge in [-0.1, -0.05) is 47.2 Å². The number of aromatic hydroxyl groups is 1. The van der Waals surface area contributed by atoms with Crippen molar-refractivity contribution in [1.29, 1.82) is 0 Å². The van der Waals surface area contributed by atoms with Gasteiger partial charge in [-0.05, 0) is 101 Å². The summed E-state index contributed by atoms with van der Waals surface area (Å²) in [5.41, 5.74) is 4.21. The number of anilines is 1. The SMILES string of the molecule is Cc1ccc(O)c(-c2nn(C)cc2C#Cc2ccc(NC(=O)C3CCCCN3C(=O)[C@H](Cc3ccc(Cl)cc3)NC(=O)OC(C)(C)C)cc2)c1. The number of nitrogens with one attached hydrogen (secondary N) is 2. The number of halogens is 1. The van der Waals surface area contributed by atoms with Crippen molar-refractivity contribution in [2.24, 2.45) is 7.05 Å². The van der Waals surface area contributed by atoms with E-state index in [1.54, 1.807) is 98.2 Å². The molecule has 0 radical (unpaired) electrons. The number of benzene rings is 3. The van der Waals surface area contributed by atoms with Crippen LogP contribution in [0.2, 0.25) is 5.02 Å². The van der Waals surface area contributed by atoms with E-state index in [0.717, 1.165) is 29.5 Å². The van der Waals surface area contributed by atoms with E-state index in [9.17, 15) is 19.5 Å². The number of phenolic OH excluding ortho intramolecular Hbond substituents is 1. The Hall–Kier alpha value is -5.27. The van der Waals surface area contributed by atoms with E-state index >= 15 is 0 Å². The molecule has 0 bridgehead atoms. The second-order valence-corrected chi connectivity index (χ2v) is 13.9. The number of likely N-dealkylation sites (tertiary alicyclic amines) is 1. The second-order valence-electron chi connectivity index (χ2n) is 13.5. The highest BCUT2D eigenvalue weighted by Crippen LogP contribution is 2.31. The molecule has 1 saturated heterocycles. The summed E-state index contributed by atoms with van der Waals surface area (Å²) >= 11 is 6.07. The second kappa shape index (κ2) is 15.5. The summed E-state index contributed by atoms with van der Waals surface area (Å²) in [7, 11) is 1.80. The van der Waals surface area contributed by atoms with Crippen LogP contribution in [0.3, 0.4) is 0 Å². The summed E-state index contributed by atoms with van der Waals surface area (Å²) < 4.78 is 7.12. The minimum atomic E-state index is -0.951. The van der Waals surface area contributed by atoms with Crippen LogP contribution in [0.5, 0.6) is 5.75 Å². The average molecular weight is 696 g/mol. The van der Waals surface area contributed by atoms with Gasteiger partial charge in [-0.25, -0.2) is 4.79 Å². The number of hydrogen-bond acceptors (Lipinski definition) is 6. The molecule has 3 aromatic carbocycles. The number of carbonyl (C=O) groups excluding carboxylic acids is 3. The Morgan fingerprint density at radius 2 is 1.76 bits per heavy atom. The predicted octanol–water partition coefficient (Wildman–Crippen LogP) is 6.61. The molecule has 1 fully saturated rings. The van der Waals surface area contributed by atoms with Gasteiger partial charge in [0.2, 0.25) is 11.8 Å². The zero-order chi connectivity index (χ0) is 36.0. The molecule has 11 heteroatoms. The van der Waals surface area contributed by atoms with Crippen molar-refractivity contribution in [3.05, 3.63) is 100 Å². The molecular weight excluding hydrogens is 654 g/mol. The van der Waals surface area contributed by atoms with Gasteiger partial charge in [-0.15, -0.1) is 0 Å². The maximum Gasteiger partial charge on any atom is 0.408 e. The van der Waals surface area contributed by atoms with Crippen molar-refractivity contribution < 1.29 is 24.2 Å². The monoisotopic (exact) mass is 695 g/mol. The van der Waals surface area contributed by atoms with Gasteiger partial charge in [-0.3, -0.25) is 14.3 Å². The highest BCUT2D eigenvalue weighted by Gasteiger charge is 2.37. The number of piperidine rings is 1. The van der Waals surface area contributed by atoms with E-state index < -0.39 is 23.8 Å². The van der Waals surface area contributed by atoms with E-state index in [4.69, 9.17) is 16.3 Å². The van der Waals surface area contributed by atoms with Crippen LogP contribution >= 0.6 is 11.6 Å². The van der Waals surface area contributed by atoms with Crippen LogP contribution in [0.15, 0.2) is 72.9 Å². The fourth-order valence-electron chi connectivity index (χ4n) is 5.79. The fourth-order valence-corrected chi connectivity index (χ4v) is 5.92. The smallest absolute Gasteiger partial charge is 0.408 e. The van der Waals surface area contributed by atoms with Gasteiger partial charge in [0, 0.05) is 48.0 Å². The van der Waals surface area contributed by atoms with Crippen LogP contribution in [0.25, 0.3) is 11.3 Å². The Morgan fingerprint density at radius 1 is 1.04 bits per heavy atom. The average Bonchev–Trinajstić information content (AvgIpc) is 3.44. The van der Waals surface area contributed by atoms with E-state index in [1.807, 2.05) is 19.1 Å². The lowest BCUT2D eigenvalue weighted by molar-refractivity contribution is -0.142. The lowest BCUT2D eigenvalue weighted by atomic mass is 9.98. The number of alkyl carbamates (subject to hydrolysis) is 1. The molecule has 50 heavy (non-hydrogen) atoms. The molecular formula is C39H42ClN5O5. The molecule has 1 aliphatic heterocycles. The molecule has 0 spiro atoms. The number of aromatic nitrogens is 2. The number of aryl methyl sites for hydroxylation is 2. The van der Waals surface area contributed by atoms with Crippen LogP contribution < -0.4 is 10.6 Å². The quantitative estimate of drug-likeness (QED) is 0.187. The normalized spacial score (nSPS) is 15.0. The summed E-state index contributed by atoms with van der Waals surface area (Å²) in [5.74, 6) is 5.77. The maximum absolute atomic E-state index is 14.0. The van der Waals surface area contributed by atoms with Gasteiger partial charge in [0.15, 0.2) is 0 Å². The molecule has 3 amide bonds. The van der Waals surface area contributed by atoms with Crippen molar-refractivity contribution in [3.63, 3.8) is 0 Å². The molecule has 3 N–H and O–H groups in total. The van der Waals surface area contributed by atoms with Gasteiger partial charge in [-0.2, -0.15) is 5.10 Å². The molecule has 4 aromatic rings. The summed E-state index contributed by atoms with van der Waals surface area (Å²) in [4.78, 5) is 42.0. The minimum absolute atomic E-state index is 0.132. The summed E-state index contributed by atoms with van der Waals surface area (Å²) in [6.07, 6.45) is 3.32. The van der Waals surface area contributed by atoms with Gasteiger partial charge in [0.1, 0.15) is 29.1 Å². The number of nitrogens with zero attached hydrogens (tertiary/aromatic N) is 3. The van der Waals surface area contributed by atoms with Crippen molar-refractivity contribution in [1.82, 2.24) is 20.0 Å². The Morgan fingerprint density at radius 3 is 2.46 bits per heavy atom. The third-order valence-corrected chi connectivity index (χ3v) is 8.41. The van der Waals surface area contributed by atoms with Crippen LogP contribution in [-0.4, -0.2) is 61.9 Å². The Bertz CT molecular complexity index is 1920. The standard InChI is InChI=1S/C39H42ClN5O5/c1-25-9-20-34(46)31(22-25)35-28(24-44(5)43-35)15-10-26-13-18-30(19-14-26)41-36(47)33-8-6-7-21-45(33)37(48)32(42-38(49)50-39(2,3)4)23-27-11-16-29(40)17-12-27/h9,11-14,16-20,22,24,32-33,46H,6-8,21,23H2,1-5H3,(H,41,47)(H,42,49)/t32-,33?/m0/s1. The Labute approximate surface area is 297 Å². The Balaban J connectivity index is 1.29. The van der Waals surface area contributed by atoms with Crippen molar-refractivity contribution >= 4 is 35.2 Å². The molecule has 1 aliphatic rings. The molecule has 10 nitrogen and oxygen atoms in total. The predicted molar refractivity (Wildman–Crippen MR) is 194 cm³/mol. The zero-order valence-corrected chi connectivity index (χ0v) is 29.7. The largest absolute Gasteiger partial charge is 0.507 e. The number of hydrogen-bond donors (Lipinski definition) is 3. The molecule has 2 heterocycles. The fraction of sp³-hybridized carbons (Fsp3) is 0.333. The first-order chi connectivity index (χ1) is 23.8. The van der Waals surface area contributed by atoms with Gasteiger partial charge >= 0.3 is 6.09 Å². The lowest BCUT2D eigenvalue weighted by Crippen LogP contribution is -2.57. The summed E-state index contributed by atoms with van der Waals surface area (Å²) in [6.45, 7) is 7.59. The Kier molecular flexibility index (Phi) is 11.2. The molecule has 1 aromatic heterocycles. The first-order valence-corrected chi connectivity index (χ1v) is 16.9. The number of ether oxygens (including phenoxy) is 1. The first kappa shape index (κ1) is 36.0. The number of carbonyl (C=O) groups is 3. The third-order valence-electron chi connectivity index (χ3n) is 8.16. The van der Waals surface area contributed by atoms with Crippen LogP contribution in [0.1, 0.15) is 62.3 Å². The molecule has 1 unspecified atom stereocenters. The van der Waals surface area contributed by atoms with E-state index in [-0.39, 0.29) is 24.0 Å². The van der Waals surface area contributed by atoms with Gasteiger partial charge in [0.25, 0.3) is 0 Å². The van der Waals surface area contributed by atoms with Crippen LogP contribution in [0.4, 0.5) is 10.5 Å². The molecule has 0 aliphatic carbocycles. The van der Waals surface area contributed by atoms with E-state index in [1.165, 1.54) is 0 Å². The summed E-state index contributed by atoms with van der Waals surface area (Å²) in [6, 6.07) is 17.9. The van der Waals surface area contributed by atoms with E-state index in [0.29, 0.717) is 40.5 Å². The number of amides is 3. The van der Waals surface area contributed by atoms with Crippen LogP contribution in [0, 0.1) is 18.8 Å². The molecule has 5 rings (SSSR count). The van der Waals surface area contributed by atoms with Crippen molar-refractivity contribution in [2.45, 2.75) is 71.1 Å². The van der Waals surface area contributed by atoms with Gasteiger partial charge in [0.05, 0.1) is 5.56 Å². The zero-order valence-electron chi connectivity index (χ0n) is 28.9. The lowest BCUT2D eigenvalue weighted by Gasteiger charge is -2.37. The van der Waals surface area contributed by atoms with Gasteiger partial charge < -0.3 is 25.4 Å². The van der Waals surface area contributed by atoms with Crippen molar-refractivity contribution in [2.75, 3.05) is 11.9 Å². The van der Waals surface area contributed by atoms with Crippen LogP contribution in [-0.2, 0) is 27.8 Å². The molecule has 0 saturated carbocycles. The minimum Gasteiger partial charge on any atom is -0.507 e. The third kappa shape index (κ3) is 9.45. The maximum atomic E-state index is 14.0. The first-order valence-electron chi connectivity index (χ1n) is 16.6. The van der Waals surface area contributed by atoms with E-state index in [2.05, 4.69) is 27.6 Å². The summed E-state index contributed by atoms with van der Waals surface area (Å²) in [5, 5.41) is 21.2. The topological polar surface area (TPSA) is 126 Å². The van der Waals surface area contributed by atoms with Crippen molar-refractivity contribution in [3.8, 4) is 28.8 Å². The highest BCUT2D eigenvalue weighted by molar-refractivity contribution is 6.30.